The lowest BCUT2D eigenvalue weighted by Crippen LogP contribution is -2.15. The Bertz CT molecular complexity index is 1430. The summed E-state index contributed by atoms with van der Waals surface area (Å²) in [6, 6.07) is 28.5. The van der Waals surface area contributed by atoms with E-state index in [4.69, 9.17) is 4.42 Å². The Morgan fingerprint density at radius 2 is 1.38 bits per heavy atom. The van der Waals surface area contributed by atoms with Gasteiger partial charge in [-0.3, -0.25) is 0 Å². The second-order valence-corrected chi connectivity index (χ2v) is 8.71. The van der Waals surface area contributed by atoms with Crippen LogP contribution in [0.2, 0.25) is 0 Å². The molecule has 0 N–H and O–H groups in total. The summed E-state index contributed by atoms with van der Waals surface area (Å²) in [5.41, 5.74) is 11.1. The zero-order chi connectivity index (χ0) is 19.8. The van der Waals surface area contributed by atoms with Crippen LogP contribution in [0.5, 0.6) is 0 Å². The van der Waals surface area contributed by atoms with Gasteiger partial charge in [0.05, 0.1) is 0 Å². The standard InChI is InChI=1S/C28H22O/c1-17-11-13-20-21-14-12-18(16-25(21)28(2,3)24(20)15-17)19-8-6-9-23-22-7-4-5-10-26(22)29-27(19)23/h4-16H,1-3H3. The summed E-state index contributed by atoms with van der Waals surface area (Å²) in [5, 5.41) is 2.35. The molecule has 0 saturated carbocycles. The SMILES string of the molecule is Cc1ccc2c(c1)C(C)(C)c1cc(-c3cccc4c3oc3ccccc34)ccc1-2. The number of fused-ring (bicyclic) bond motifs is 6. The minimum atomic E-state index is -0.00549. The Kier molecular flexibility index (Phi) is 3.21. The van der Waals surface area contributed by atoms with Crippen LogP contribution in [0.3, 0.4) is 0 Å². The van der Waals surface area contributed by atoms with Gasteiger partial charge in [-0.25, -0.2) is 0 Å². The summed E-state index contributed by atoms with van der Waals surface area (Å²) in [6.07, 6.45) is 0. The lowest BCUT2D eigenvalue weighted by Gasteiger charge is -2.22. The number of benzene rings is 4. The number of aryl methyl sites for hydroxylation is 1. The first kappa shape index (κ1) is 16.6. The van der Waals surface area contributed by atoms with Crippen LogP contribution in [0.4, 0.5) is 0 Å². The van der Waals surface area contributed by atoms with Crippen molar-refractivity contribution in [2.45, 2.75) is 26.2 Å². The molecule has 4 aromatic carbocycles. The van der Waals surface area contributed by atoms with E-state index in [2.05, 4.69) is 87.5 Å². The number of furan rings is 1. The zero-order valence-corrected chi connectivity index (χ0v) is 16.9. The average Bonchev–Trinajstić information content (AvgIpc) is 3.21. The maximum Gasteiger partial charge on any atom is 0.143 e. The topological polar surface area (TPSA) is 13.1 Å². The van der Waals surface area contributed by atoms with Gasteiger partial charge in [-0.15, -0.1) is 0 Å². The van der Waals surface area contributed by atoms with Crippen LogP contribution >= 0.6 is 0 Å². The van der Waals surface area contributed by atoms with Crippen LogP contribution in [0.25, 0.3) is 44.2 Å². The monoisotopic (exact) mass is 374 g/mol. The molecular formula is C28H22O. The van der Waals surface area contributed by atoms with Crippen molar-refractivity contribution in [2.75, 3.05) is 0 Å². The predicted molar refractivity (Wildman–Crippen MR) is 121 cm³/mol. The molecule has 0 aliphatic heterocycles. The van der Waals surface area contributed by atoms with E-state index in [9.17, 15) is 0 Å². The highest BCUT2D eigenvalue weighted by Gasteiger charge is 2.35. The van der Waals surface area contributed by atoms with E-state index in [0.29, 0.717) is 0 Å². The predicted octanol–water partition coefficient (Wildman–Crippen LogP) is 7.87. The Labute approximate surface area is 170 Å². The fourth-order valence-electron chi connectivity index (χ4n) is 4.99. The van der Waals surface area contributed by atoms with Crippen molar-refractivity contribution >= 4 is 21.9 Å². The van der Waals surface area contributed by atoms with Crippen LogP contribution in [0, 0.1) is 6.92 Å². The molecule has 0 fully saturated rings. The molecule has 0 spiro atoms. The van der Waals surface area contributed by atoms with Gasteiger partial charge in [0.15, 0.2) is 0 Å². The van der Waals surface area contributed by atoms with Crippen LogP contribution < -0.4 is 0 Å². The Balaban J connectivity index is 1.60. The minimum absolute atomic E-state index is 0.00549. The van der Waals surface area contributed by atoms with Crippen molar-refractivity contribution in [2.24, 2.45) is 0 Å². The molecule has 6 rings (SSSR count). The molecule has 1 heterocycles. The first-order chi connectivity index (χ1) is 14.0. The molecule has 0 unspecified atom stereocenters. The fourth-order valence-corrected chi connectivity index (χ4v) is 4.99. The lowest BCUT2D eigenvalue weighted by molar-refractivity contribution is 0.659. The van der Waals surface area contributed by atoms with E-state index in [1.165, 1.54) is 44.2 Å². The summed E-state index contributed by atoms with van der Waals surface area (Å²) in [7, 11) is 0. The summed E-state index contributed by atoms with van der Waals surface area (Å²) in [5.74, 6) is 0. The molecule has 0 amide bonds. The summed E-state index contributed by atoms with van der Waals surface area (Å²) in [4.78, 5) is 0. The highest BCUT2D eigenvalue weighted by atomic mass is 16.3. The highest BCUT2D eigenvalue weighted by molar-refractivity contribution is 6.09. The molecular weight excluding hydrogens is 352 g/mol. The third kappa shape index (κ3) is 2.22. The van der Waals surface area contributed by atoms with E-state index in [-0.39, 0.29) is 5.41 Å². The fraction of sp³-hybridized carbons (Fsp3) is 0.143. The molecule has 1 aliphatic carbocycles. The zero-order valence-electron chi connectivity index (χ0n) is 16.9. The molecule has 5 aromatic rings. The van der Waals surface area contributed by atoms with Gasteiger partial charge in [-0.05, 0) is 46.9 Å². The van der Waals surface area contributed by atoms with Crippen molar-refractivity contribution in [3.8, 4) is 22.3 Å². The van der Waals surface area contributed by atoms with Crippen LogP contribution in [-0.2, 0) is 5.41 Å². The average molecular weight is 374 g/mol. The van der Waals surface area contributed by atoms with Gasteiger partial charge in [0.25, 0.3) is 0 Å². The number of hydrogen-bond acceptors (Lipinski definition) is 1. The molecule has 0 radical (unpaired) electrons. The molecule has 0 atom stereocenters. The third-order valence-corrected chi connectivity index (χ3v) is 6.55. The van der Waals surface area contributed by atoms with Crippen molar-refractivity contribution in [1.82, 2.24) is 0 Å². The molecule has 0 bridgehead atoms. The second kappa shape index (κ2) is 5.61. The van der Waals surface area contributed by atoms with Crippen molar-refractivity contribution in [1.29, 1.82) is 0 Å². The molecule has 1 heteroatoms. The van der Waals surface area contributed by atoms with Crippen molar-refractivity contribution < 1.29 is 4.42 Å². The summed E-state index contributed by atoms with van der Waals surface area (Å²) >= 11 is 0. The largest absolute Gasteiger partial charge is 0.455 e. The van der Waals surface area contributed by atoms with Gasteiger partial charge in [-0.1, -0.05) is 86.1 Å². The van der Waals surface area contributed by atoms with E-state index < -0.39 is 0 Å². The minimum Gasteiger partial charge on any atom is -0.455 e. The first-order valence-corrected chi connectivity index (χ1v) is 10.2. The van der Waals surface area contributed by atoms with Gasteiger partial charge in [0.2, 0.25) is 0 Å². The van der Waals surface area contributed by atoms with Gasteiger partial charge in [0, 0.05) is 21.8 Å². The molecule has 1 nitrogen and oxygen atoms in total. The quantitative estimate of drug-likeness (QED) is 0.291. The molecule has 0 saturated heterocycles. The molecule has 29 heavy (non-hydrogen) atoms. The first-order valence-electron chi connectivity index (χ1n) is 10.2. The van der Waals surface area contributed by atoms with E-state index in [0.717, 1.165) is 16.7 Å². The van der Waals surface area contributed by atoms with Gasteiger partial charge in [0.1, 0.15) is 11.2 Å². The van der Waals surface area contributed by atoms with Gasteiger partial charge >= 0.3 is 0 Å². The smallest absolute Gasteiger partial charge is 0.143 e. The van der Waals surface area contributed by atoms with Crippen LogP contribution in [0.1, 0.15) is 30.5 Å². The maximum atomic E-state index is 6.29. The number of hydrogen-bond donors (Lipinski definition) is 0. The molecule has 1 aromatic heterocycles. The maximum absolute atomic E-state index is 6.29. The Morgan fingerprint density at radius 3 is 2.24 bits per heavy atom. The van der Waals surface area contributed by atoms with E-state index in [1.54, 1.807) is 0 Å². The third-order valence-electron chi connectivity index (χ3n) is 6.55. The number of para-hydroxylation sites is 2. The van der Waals surface area contributed by atoms with Crippen LogP contribution in [-0.4, -0.2) is 0 Å². The van der Waals surface area contributed by atoms with E-state index >= 15 is 0 Å². The second-order valence-electron chi connectivity index (χ2n) is 8.71. The van der Waals surface area contributed by atoms with Crippen molar-refractivity contribution in [3.05, 3.63) is 95.6 Å². The Morgan fingerprint density at radius 1 is 0.655 bits per heavy atom. The number of rotatable bonds is 1. The lowest BCUT2D eigenvalue weighted by atomic mass is 9.81. The molecule has 1 aliphatic rings. The molecule has 140 valence electrons. The van der Waals surface area contributed by atoms with E-state index in [1.807, 2.05) is 12.1 Å². The normalized spacial score (nSPS) is 14.3. The summed E-state index contributed by atoms with van der Waals surface area (Å²) in [6.45, 7) is 6.85. The van der Waals surface area contributed by atoms with Gasteiger partial charge in [-0.2, -0.15) is 0 Å². The van der Waals surface area contributed by atoms with Crippen LogP contribution in [0.15, 0.2) is 83.3 Å². The van der Waals surface area contributed by atoms with Crippen molar-refractivity contribution in [3.63, 3.8) is 0 Å². The Hall–Kier alpha value is -3.32. The highest BCUT2D eigenvalue weighted by Crippen LogP contribution is 2.50. The van der Waals surface area contributed by atoms with Gasteiger partial charge < -0.3 is 4.42 Å². The summed E-state index contributed by atoms with van der Waals surface area (Å²) < 4.78 is 6.29.